The molecule has 0 spiro atoms. The minimum absolute atomic E-state index is 0.00472. The molecule has 4 heterocycles. The number of nitrogens with one attached hydrogen (secondary N) is 1. The van der Waals surface area contributed by atoms with Crippen LogP contribution in [0.5, 0.6) is 0 Å². The van der Waals surface area contributed by atoms with Crippen molar-refractivity contribution in [2.24, 2.45) is 5.92 Å². The summed E-state index contributed by atoms with van der Waals surface area (Å²) in [5.41, 5.74) is -1.22. The van der Waals surface area contributed by atoms with E-state index in [1.807, 2.05) is 32.9 Å². The molecule has 43 heavy (non-hydrogen) atoms. The van der Waals surface area contributed by atoms with Gasteiger partial charge >= 0.3 is 6.18 Å². The van der Waals surface area contributed by atoms with Crippen molar-refractivity contribution in [2.45, 2.75) is 64.0 Å². The summed E-state index contributed by atoms with van der Waals surface area (Å²) >= 11 is 0. The number of hydrogen-bond acceptors (Lipinski definition) is 9. The molecule has 0 unspecified atom stereocenters. The van der Waals surface area contributed by atoms with Gasteiger partial charge in [0.25, 0.3) is 0 Å². The number of aromatic nitrogens is 3. The minimum Gasteiger partial charge on any atom is -0.390 e. The Morgan fingerprint density at radius 2 is 1.91 bits per heavy atom. The predicted octanol–water partition coefficient (Wildman–Crippen LogP) is 5.08. The number of fused-ring (bicyclic) bond motifs is 1. The summed E-state index contributed by atoms with van der Waals surface area (Å²) in [5.74, 6) is -0.276. The Morgan fingerprint density at radius 1 is 1.19 bits per heavy atom. The standard InChI is InChI=1S/C29H36F4N6O3S/c1-16(2)19-6-7-23(39-13-18(17(39)3)14-43(5,41)42)21-11-34-25(10-20(19)21)36-26-22(29(31,32)33)12-35-27(37-26)38-9-8-24(40)28(4,30)15-38/h6-7,10-12,16-18,24,40H,8-9,13-15H2,1-5H3,(H,34,35,36,37)/t17-,18-,24-,28+/m1/s1. The van der Waals surface area contributed by atoms with Crippen molar-refractivity contribution in [1.29, 1.82) is 0 Å². The third kappa shape index (κ3) is 6.35. The van der Waals surface area contributed by atoms with E-state index in [-0.39, 0.29) is 54.9 Å². The Labute approximate surface area is 248 Å². The molecule has 14 heteroatoms. The number of aliphatic hydroxyl groups excluding tert-OH is 1. The van der Waals surface area contributed by atoms with E-state index in [1.165, 1.54) is 18.1 Å². The minimum atomic E-state index is -4.77. The van der Waals surface area contributed by atoms with Crippen LogP contribution in [0.2, 0.25) is 0 Å². The van der Waals surface area contributed by atoms with Gasteiger partial charge in [-0.05, 0) is 49.3 Å². The quantitative estimate of drug-likeness (QED) is 0.348. The van der Waals surface area contributed by atoms with E-state index in [0.717, 1.165) is 22.0 Å². The van der Waals surface area contributed by atoms with Gasteiger partial charge in [0.15, 0.2) is 5.67 Å². The fourth-order valence-electron chi connectivity index (χ4n) is 5.91. The molecule has 5 rings (SSSR count). The number of rotatable bonds is 7. The number of alkyl halides is 4. The predicted molar refractivity (Wildman–Crippen MR) is 159 cm³/mol. The lowest BCUT2D eigenvalue weighted by atomic mass is 9.88. The first kappa shape index (κ1) is 31.2. The molecule has 234 valence electrons. The SMILES string of the molecule is CC(C)c1ccc(N2C[C@H](CS(C)(=O)=O)[C@H]2C)c2cnc(Nc3nc(N4CC[C@@H](O)[C@@](C)(F)C4)ncc3C(F)(F)F)cc12. The molecule has 1 aromatic carbocycles. The van der Waals surface area contributed by atoms with Gasteiger partial charge in [-0.25, -0.2) is 22.8 Å². The lowest BCUT2D eigenvalue weighted by Crippen LogP contribution is -2.57. The molecule has 2 saturated heterocycles. The smallest absolute Gasteiger partial charge is 0.390 e. The summed E-state index contributed by atoms with van der Waals surface area (Å²) < 4.78 is 80.5. The van der Waals surface area contributed by atoms with Crippen molar-refractivity contribution < 1.29 is 31.1 Å². The molecule has 0 aliphatic carbocycles. The van der Waals surface area contributed by atoms with Crippen LogP contribution >= 0.6 is 0 Å². The first-order valence-corrected chi connectivity index (χ1v) is 16.2. The molecule has 9 nitrogen and oxygen atoms in total. The number of anilines is 4. The highest BCUT2D eigenvalue weighted by Crippen LogP contribution is 2.41. The van der Waals surface area contributed by atoms with E-state index < -0.39 is 39.2 Å². The van der Waals surface area contributed by atoms with Crippen LogP contribution in [0.3, 0.4) is 0 Å². The Bertz CT molecular complexity index is 1630. The normalized spacial score (nSPS) is 24.9. The zero-order valence-corrected chi connectivity index (χ0v) is 25.5. The molecule has 0 amide bonds. The van der Waals surface area contributed by atoms with E-state index >= 15 is 0 Å². The van der Waals surface area contributed by atoms with E-state index in [2.05, 4.69) is 25.2 Å². The van der Waals surface area contributed by atoms with Crippen molar-refractivity contribution in [2.75, 3.05) is 46.8 Å². The highest BCUT2D eigenvalue weighted by Gasteiger charge is 2.41. The molecule has 3 aromatic rings. The van der Waals surface area contributed by atoms with Gasteiger partial charge in [-0.2, -0.15) is 18.2 Å². The Kier molecular flexibility index (Phi) is 7.99. The van der Waals surface area contributed by atoms with Gasteiger partial charge in [-0.15, -0.1) is 0 Å². The Morgan fingerprint density at radius 3 is 2.51 bits per heavy atom. The number of sulfone groups is 1. The van der Waals surface area contributed by atoms with E-state index in [4.69, 9.17) is 0 Å². The molecule has 2 N–H and O–H groups in total. The lowest BCUT2D eigenvalue weighted by molar-refractivity contribution is -0.137. The van der Waals surface area contributed by atoms with Gasteiger partial charge in [-0.1, -0.05) is 19.9 Å². The van der Waals surface area contributed by atoms with Crippen LogP contribution < -0.4 is 15.1 Å². The maximum atomic E-state index is 14.8. The first-order valence-electron chi connectivity index (χ1n) is 14.1. The fraction of sp³-hybridized carbons (Fsp3) is 0.552. The first-order chi connectivity index (χ1) is 19.9. The topological polar surface area (TPSA) is 112 Å². The zero-order valence-electron chi connectivity index (χ0n) is 24.7. The fourth-order valence-corrected chi connectivity index (χ4v) is 7.07. The highest BCUT2D eigenvalue weighted by atomic mass is 32.2. The number of pyridine rings is 1. The molecule has 2 fully saturated rings. The van der Waals surface area contributed by atoms with Gasteiger partial charge in [0, 0.05) is 54.8 Å². The Balaban J connectivity index is 1.51. The molecule has 0 bridgehead atoms. The number of piperidine rings is 1. The zero-order chi connectivity index (χ0) is 31.5. The van der Waals surface area contributed by atoms with Gasteiger partial charge in [0.1, 0.15) is 27.0 Å². The summed E-state index contributed by atoms with van der Waals surface area (Å²) in [6, 6.07) is 5.62. The molecule has 2 aliphatic heterocycles. The molecule has 0 radical (unpaired) electrons. The van der Waals surface area contributed by atoms with Crippen LogP contribution in [0.15, 0.2) is 30.6 Å². The summed E-state index contributed by atoms with van der Waals surface area (Å²) in [6.45, 7) is 7.72. The van der Waals surface area contributed by atoms with Crippen molar-refractivity contribution >= 4 is 43.9 Å². The van der Waals surface area contributed by atoms with Gasteiger partial charge in [-0.3, -0.25) is 0 Å². The molecule has 2 aromatic heterocycles. The summed E-state index contributed by atoms with van der Waals surface area (Å²) in [4.78, 5) is 16.0. The van der Waals surface area contributed by atoms with E-state index in [0.29, 0.717) is 12.7 Å². The van der Waals surface area contributed by atoms with Crippen LogP contribution in [0.1, 0.15) is 51.2 Å². The van der Waals surface area contributed by atoms with Crippen molar-refractivity contribution in [1.82, 2.24) is 15.0 Å². The third-order valence-electron chi connectivity index (χ3n) is 8.44. The van der Waals surface area contributed by atoms with Crippen LogP contribution in [-0.4, -0.2) is 77.9 Å². The number of benzene rings is 1. The molecule has 2 aliphatic rings. The van der Waals surface area contributed by atoms with Crippen LogP contribution in [0, 0.1) is 5.92 Å². The maximum absolute atomic E-state index is 14.8. The van der Waals surface area contributed by atoms with Gasteiger partial charge in [0.05, 0.1) is 18.4 Å². The molecule has 4 atom stereocenters. The number of halogens is 4. The largest absolute Gasteiger partial charge is 0.421 e. The van der Waals surface area contributed by atoms with Crippen LogP contribution in [0.25, 0.3) is 10.8 Å². The Hall–Kier alpha value is -3.26. The third-order valence-corrected chi connectivity index (χ3v) is 9.48. The highest BCUT2D eigenvalue weighted by molar-refractivity contribution is 7.90. The monoisotopic (exact) mass is 624 g/mol. The summed E-state index contributed by atoms with van der Waals surface area (Å²) in [7, 11) is -3.12. The second kappa shape index (κ2) is 11.0. The number of hydrogen-bond donors (Lipinski definition) is 2. The van der Waals surface area contributed by atoms with Crippen molar-refractivity contribution in [3.63, 3.8) is 0 Å². The second-order valence-electron chi connectivity index (χ2n) is 12.2. The van der Waals surface area contributed by atoms with Gasteiger partial charge in [0.2, 0.25) is 5.95 Å². The second-order valence-corrected chi connectivity index (χ2v) is 14.4. The lowest BCUT2D eigenvalue weighted by Gasteiger charge is -2.48. The maximum Gasteiger partial charge on any atom is 0.421 e. The molecular weight excluding hydrogens is 588 g/mol. The van der Waals surface area contributed by atoms with Crippen LogP contribution in [0.4, 0.5) is 40.8 Å². The van der Waals surface area contributed by atoms with Crippen LogP contribution in [-0.2, 0) is 16.0 Å². The van der Waals surface area contributed by atoms with Crippen molar-refractivity contribution in [3.05, 3.63) is 41.7 Å². The molecular formula is C29H36F4N6O3S. The average Bonchev–Trinajstić information content (AvgIpc) is 2.90. The van der Waals surface area contributed by atoms with E-state index in [9.17, 15) is 31.1 Å². The summed E-state index contributed by atoms with van der Waals surface area (Å²) in [5, 5.41) is 14.3. The van der Waals surface area contributed by atoms with Crippen molar-refractivity contribution in [3.8, 4) is 0 Å². The van der Waals surface area contributed by atoms with Gasteiger partial charge < -0.3 is 20.2 Å². The number of nitrogens with zero attached hydrogens (tertiary/aromatic N) is 5. The number of aliphatic hydroxyl groups is 1. The van der Waals surface area contributed by atoms with E-state index in [1.54, 1.807) is 12.3 Å². The summed E-state index contributed by atoms with van der Waals surface area (Å²) in [6.07, 6.45) is -2.38. The average molecular weight is 625 g/mol. The molecule has 0 saturated carbocycles.